The molecule has 4 heteroatoms. The number of rotatable bonds is 0. The molecule has 0 amide bonds. The molecule has 0 atom stereocenters. The quantitative estimate of drug-likeness (QED) is 0.680. The van der Waals surface area contributed by atoms with Crippen LogP contribution in [0, 0.1) is 0 Å². The summed E-state index contributed by atoms with van der Waals surface area (Å²) in [5.74, 6) is 0. The van der Waals surface area contributed by atoms with E-state index < -0.39 is 5.63 Å². The first kappa shape index (κ1) is 8.78. The van der Waals surface area contributed by atoms with E-state index in [-0.39, 0.29) is 5.02 Å². The van der Waals surface area contributed by atoms with Crippen LogP contribution in [-0.4, -0.2) is 0 Å². The van der Waals surface area contributed by atoms with E-state index >= 15 is 0 Å². The summed E-state index contributed by atoms with van der Waals surface area (Å²) in [4.78, 5) is 11.0. The first-order chi connectivity index (χ1) is 6.16. The average Bonchev–Trinajstić information content (AvgIpc) is 2.08. The lowest BCUT2D eigenvalue weighted by Crippen LogP contribution is -1.97. The minimum atomic E-state index is -0.503. The van der Waals surface area contributed by atoms with Crippen molar-refractivity contribution in [1.82, 2.24) is 0 Å². The summed E-state index contributed by atoms with van der Waals surface area (Å²) in [7, 11) is 0. The molecule has 0 aliphatic carbocycles. The Morgan fingerprint density at radius 2 is 2.08 bits per heavy atom. The van der Waals surface area contributed by atoms with Gasteiger partial charge in [-0.1, -0.05) is 27.5 Å². The van der Waals surface area contributed by atoms with Gasteiger partial charge in [0.05, 0.1) is 0 Å². The van der Waals surface area contributed by atoms with Crippen molar-refractivity contribution in [2.45, 2.75) is 0 Å². The molecule has 1 aromatic carbocycles. The fraction of sp³-hybridized carbons (Fsp3) is 0. The molecule has 1 heterocycles. The molecular weight excluding hydrogens is 255 g/mol. The highest BCUT2D eigenvalue weighted by atomic mass is 79.9. The molecule has 66 valence electrons. The third kappa shape index (κ3) is 1.62. The van der Waals surface area contributed by atoms with Gasteiger partial charge in [-0.2, -0.15) is 0 Å². The van der Waals surface area contributed by atoms with Gasteiger partial charge in [0.15, 0.2) is 0 Å². The molecule has 0 radical (unpaired) electrons. The maximum absolute atomic E-state index is 11.0. The van der Waals surface area contributed by atoms with Crippen LogP contribution in [0.3, 0.4) is 0 Å². The first-order valence-electron chi connectivity index (χ1n) is 3.56. The van der Waals surface area contributed by atoms with Crippen LogP contribution in [0.25, 0.3) is 11.0 Å². The van der Waals surface area contributed by atoms with Gasteiger partial charge in [-0.15, -0.1) is 0 Å². The maximum Gasteiger partial charge on any atom is 0.355 e. The van der Waals surface area contributed by atoms with Crippen LogP contribution in [0.15, 0.2) is 37.9 Å². The summed E-state index contributed by atoms with van der Waals surface area (Å²) in [6.45, 7) is 0. The number of fused-ring (bicyclic) bond motifs is 1. The van der Waals surface area contributed by atoms with E-state index in [1.54, 1.807) is 18.2 Å². The third-order valence-corrected chi connectivity index (χ3v) is 2.41. The molecular formula is C9H4BrClO2. The van der Waals surface area contributed by atoms with Crippen LogP contribution >= 0.6 is 27.5 Å². The Morgan fingerprint density at radius 1 is 1.31 bits per heavy atom. The zero-order valence-corrected chi connectivity index (χ0v) is 8.72. The molecule has 0 fully saturated rings. The summed E-state index contributed by atoms with van der Waals surface area (Å²) < 4.78 is 5.86. The smallest absolute Gasteiger partial charge is 0.355 e. The summed E-state index contributed by atoms with van der Waals surface area (Å²) in [5, 5.41) is 0.907. The highest BCUT2D eigenvalue weighted by molar-refractivity contribution is 9.10. The number of hydrogen-bond acceptors (Lipinski definition) is 2. The van der Waals surface area contributed by atoms with Gasteiger partial charge >= 0.3 is 5.63 Å². The molecule has 2 nitrogen and oxygen atoms in total. The lowest BCUT2D eigenvalue weighted by Gasteiger charge is -1.96. The summed E-state index contributed by atoms with van der Waals surface area (Å²) in [6.07, 6.45) is 0. The minimum absolute atomic E-state index is 0.102. The molecule has 13 heavy (non-hydrogen) atoms. The van der Waals surface area contributed by atoms with Crippen LogP contribution in [-0.2, 0) is 0 Å². The van der Waals surface area contributed by atoms with E-state index in [9.17, 15) is 4.79 Å². The van der Waals surface area contributed by atoms with Crippen molar-refractivity contribution in [3.8, 4) is 0 Å². The zero-order valence-electron chi connectivity index (χ0n) is 6.38. The highest BCUT2D eigenvalue weighted by Gasteiger charge is 2.02. The van der Waals surface area contributed by atoms with E-state index in [1.165, 1.54) is 0 Å². The predicted octanol–water partition coefficient (Wildman–Crippen LogP) is 3.21. The van der Waals surface area contributed by atoms with Gasteiger partial charge in [-0.3, -0.25) is 0 Å². The first-order valence-corrected chi connectivity index (χ1v) is 4.73. The standard InChI is InChI=1S/C9H4BrClO2/c10-6-1-2-8-5(3-6)4-7(11)9(12)13-8/h1-4H. The Balaban J connectivity index is 2.89. The molecule has 0 N–H and O–H groups in total. The van der Waals surface area contributed by atoms with E-state index in [2.05, 4.69) is 15.9 Å². The molecule has 0 aliphatic rings. The minimum Gasteiger partial charge on any atom is -0.422 e. The van der Waals surface area contributed by atoms with Gasteiger partial charge in [-0.05, 0) is 24.3 Å². The molecule has 0 spiro atoms. The number of halogens is 2. The lowest BCUT2D eigenvalue weighted by atomic mass is 10.2. The Morgan fingerprint density at radius 3 is 2.85 bits per heavy atom. The normalized spacial score (nSPS) is 10.6. The molecule has 0 bridgehead atoms. The van der Waals surface area contributed by atoms with Crippen molar-refractivity contribution in [3.63, 3.8) is 0 Å². The molecule has 0 unspecified atom stereocenters. The van der Waals surface area contributed by atoms with Crippen molar-refractivity contribution in [2.75, 3.05) is 0 Å². The molecule has 2 rings (SSSR count). The Bertz CT molecular complexity index is 518. The van der Waals surface area contributed by atoms with Crippen molar-refractivity contribution >= 4 is 38.5 Å². The average molecular weight is 259 g/mol. The topological polar surface area (TPSA) is 30.2 Å². The van der Waals surface area contributed by atoms with Gasteiger partial charge in [0, 0.05) is 9.86 Å². The third-order valence-electron chi connectivity index (χ3n) is 1.65. The molecule has 0 saturated heterocycles. The van der Waals surface area contributed by atoms with Crippen molar-refractivity contribution in [1.29, 1.82) is 0 Å². The molecule has 0 aliphatic heterocycles. The van der Waals surface area contributed by atoms with Crippen molar-refractivity contribution < 1.29 is 4.42 Å². The second kappa shape index (κ2) is 3.16. The summed E-state index contributed by atoms with van der Waals surface area (Å²) in [5.41, 5.74) is 0.0362. The largest absolute Gasteiger partial charge is 0.422 e. The summed E-state index contributed by atoms with van der Waals surface area (Å²) in [6, 6.07) is 6.95. The Labute approximate surface area is 87.3 Å². The van der Waals surface area contributed by atoms with Gasteiger partial charge < -0.3 is 4.42 Å². The fourth-order valence-electron chi connectivity index (χ4n) is 1.07. The van der Waals surface area contributed by atoms with Gasteiger partial charge in [0.2, 0.25) is 0 Å². The van der Waals surface area contributed by atoms with Crippen LogP contribution in [0.1, 0.15) is 0 Å². The summed E-state index contributed by atoms with van der Waals surface area (Å²) >= 11 is 8.93. The van der Waals surface area contributed by atoms with Crippen LogP contribution < -0.4 is 5.63 Å². The van der Waals surface area contributed by atoms with Crippen LogP contribution in [0.2, 0.25) is 5.02 Å². The highest BCUT2D eigenvalue weighted by Crippen LogP contribution is 2.20. The second-order valence-electron chi connectivity index (χ2n) is 2.56. The fourth-order valence-corrected chi connectivity index (χ4v) is 1.60. The second-order valence-corrected chi connectivity index (χ2v) is 3.89. The monoisotopic (exact) mass is 258 g/mol. The van der Waals surface area contributed by atoms with E-state index in [4.69, 9.17) is 16.0 Å². The van der Waals surface area contributed by atoms with Crippen LogP contribution in [0.5, 0.6) is 0 Å². The van der Waals surface area contributed by atoms with E-state index in [0.717, 1.165) is 9.86 Å². The van der Waals surface area contributed by atoms with Crippen molar-refractivity contribution in [2.24, 2.45) is 0 Å². The van der Waals surface area contributed by atoms with Crippen molar-refractivity contribution in [3.05, 3.63) is 44.2 Å². The van der Waals surface area contributed by atoms with Gasteiger partial charge in [0.1, 0.15) is 10.6 Å². The molecule has 0 saturated carbocycles. The van der Waals surface area contributed by atoms with Gasteiger partial charge in [-0.25, -0.2) is 4.79 Å². The molecule has 2 aromatic rings. The van der Waals surface area contributed by atoms with Crippen LogP contribution in [0.4, 0.5) is 0 Å². The number of hydrogen-bond donors (Lipinski definition) is 0. The number of benzene rings is 1. The van der Waals surface area contributed by atoms with Gasteiger partial charge in [0.25, 0.3) is 0 Å². The SMILES string of the molecule is O=c1oc2ccc(Br)cc2cc1Cl. The zero-order chi connectivity index (χ0) is 9.42. The Kier molecular flexibility index (Phi) is 2.14. The maximum atomic E-state index is 11.0. The predicted molar refractivity (Wildman–Crippen MR) is 55.2 cm³/mol. The Hall–Kier alpha value is -0.800. The van der Waals surface area contributed by atoms with E-state index in [1.807, 2.05) is 6.07 Å². The molecule has 1 aromatic heterocycles. The lowest BCUT2D eigenvalue weighted by molar-refractivity contribution is 0.561. The van der Waals surface area contributed by atoms with E-state index in [0.29, 0.717) is 5.58 Å².